The molecule has 0 spiro atoms. The van der Waals surface area contributed by atoms with Crippen LogP contribution in [0.1, 0.15) is 42.5 Å². The van der Waals surface area contributed by atoms with E-state index >= 15 is 0 Å². The number of pyridine rings is 1. The molecule has 0 saturated heterocycles. The lowest BCUT2D eigenvalue weighted by Gasteiger charge is -2.11. The van der Waals surface area contributed by atoms with E-state index < -0.39 is 0 Å². The summed E-state index contributed by atoms with van der Waals surface area (Å²) in [5.41, 5.74) is 9.60. The van der Waals surface area contributed by atoms with Gasteiger partial charge in [0, 0.05) is 36.3 Å². The average molecular weight is 244 g/mol. The van der Waals surface area contributed by atoms with Crippen molar-refractivity contribution in [2.75, 3.05) is 0 Å². The summed E-state index contributed by atoms with van der Waals surface area (Å²) in [6.07, 6.45) is 6.27. The van der Waals surface area contributed by atoms with Crippen LogP contribution in [0.25, 0.3) is 0 Å². The molecule has 3 nitrogen and oxygen atoms in total. The SMILES string of the molecule is CCc1ccc(CC(N)c2ccoc2CC)nc1. The van der Waals surface area contributed by atoms with E-state index in [0.717, 1.165) is 36.3 Å². The molecule has 0 amide bonds. The summed E-state index contributed by atoms with van der Waals surface area (Å²) in [5, 5.41) is 0. The van der Waals surface area contributed by atoms with Crippen LogP contribution < -0.4 is 5.73 Å². The third-order valence-corrected chi connectivity index (χ3v) is 3.22. The molecule has 0 aliphatic heterocycles. The number of rotatable bonds is 5. The summed E-state index contributed by atoms with van der Waals surface area (Å²) in [6.45, 7) is 4.20. The number of nitrogens with zero attached hydrogens (tertiary/aromatic N) is 1. The first-order valence-electron chi connectivity index (χ1n) is 6.50. The molecule has 2 heterocycles. The van der Waals surface area contributed by atoms with Crippen LogP contribution in [0, 0.1) is 0 Å². The summed E-state index contributed by atoms with van der Waals surface area (Å²) in [5.74, 6) is 0.979. The van der Waals surface area contributed by atoms with Crippen LogP contribution in [0.2, 0.25) is 0 Å². The molecule has 1 atom stereocenters. The average Bonchev–Trinajstić information content (AvgIpc) is 2.88. The number of aromatic nitrogens is 1. The Morgan fingerprint density at radius 3 is 2.67 bits per heavy atom. The number of furan rings is 1. The lowest BCUT2D eigenvalue weighted by molar-refractivity contribution is 0.505. The van der Waals surface area contributed by atoms with Crippen molar-refractivity contribution in [3.8, 4) is 0 Å². The van der Waals surface area contributed by atoms with Gasteiger partial charge in [0.2, 0.25) is 0 Å². The molecule has 2 N–H and O–H groups in total. The van der Waals surface area contributed by atoms with Crippen molar-refractivity contribution in [3.05, 3.63) is 53.2 Å². The largest absolute Gasteiger partial charge is 0.469 e. The lowest BCUT2D eigenvalue weighted by atomic mass is 10.0. The minimum Gasteiger partial charge on any atom is -0.469 e. The van der Waals surface area contributed by atoms with Crippen molar-refractivity contribution in [1.29, 1.82) is 0 Å². The van der Waals surface area contributed by atoms with E-state index in [1.807, 2.05) is 12.3 Å². The zero-order valence-corrected chi connectivity index (χ0v) is 11.0. The molecule has 18 heavy (non-hydrogen) atoms. The minimum atomic E-state index is -0.0429. The van der Waals surface area contributed by atoms with Gasteiger partial charge in [-0.2, -0.15) is 0 Å². The van der Waals surface area contributed by atoms with E-state index in [9.17, 15) is 0 Å². The van der Waals surface area contributed by atoms with E-state index in [1.165, 1.54) is 5.56 Å². The second-order valence-electron chi connectivity index (χ2n) is 4.47. The van der Waals surface area contributed by atoms with Crippen molar-refractivity contribution in [2.24, 2.45) is 5.73 Å². The monoisotopic (exact) mass is 244 g/mol. The Balaban J connectivity index is 2.08. The van der Waals surface area contributed by atoms with Gasteiger partial charge in [0.15, 0.2) is 0 Å². The smallest absolute Gasteiger partial charge is 0.108 e. The number of hydrogen-bond acceptors (Lipinski definition) is 3. The van der Waals surface area contributed by atoms with Gasteiger partial charge in [0.1, 0.15) is 5.76 Å². The standard InChI is InChI=1S/C15H20N2O/c1-3-11-5-6-12(17-10-11)9-14(16)13-7-8-18-15(13)4-2/h5-8,10,14H,3-4,9,16H2,1-2H3. The first kappa shape index (κ1) is 12.8. The molecule has 0 aromatic carbocycles. The van der Waals surface area contributed by atoms with E-state index in [-0.39, 0.29) is 6.04 Å². The number of aryl methyl sites for hydroxylation is 2. The van der Waals surface area contributed by atoms with Crippen LogP contribution in [0.4, 0.5) is 0 Å². The molecular formula is C15H20N2O. The van der Waals surface area contributed by atoms with Gasteiger partial charge in [-0.1, -0.05) is 19.9 Å². The predicted octanol–water partition coefficient (Wildman–Crippen LogP) is 3.04. The molecule has 0 saturated carbocycles. The van der Waals surface area contributed by atoms with Crippen molar-refractivity contribution in [2.45, 2.75) is 39.2 Å². The molecule has 0 radical (unpaired) electrons. The first-order chi connectivity index (χ1) is 8.74. The van der Waals surface area contributed by atoms with Gasteiger partial charge in [0.05, 0.1) is 6.26 Å². The van der Waals surface area contributed by atoms with E-state index in [0.29, 0.717) is 0 Å². The second-order valence-corrected chi connectivity index (χ2v) is 4.47. The van der Waals surface area contributed by atoms with Crippen molar-refractivity contribution in [3.63, 3.8) is 0 Å². The van der Waals surface area contributed by atoms with E-state index in [2.05, 4.69) is 31.0 Å². The molecule has 2 aromatic rings. The predicted molar refractivity (Wildman–Crippen MR) is 72.3 cm³/mol. The van der Waals surface area contributed by atoms with Crippen LogP contribution in [0.5, 0.6) is 0 Å². The second kappa shape index (κ2) is 5.83. The summed E-state index contributed by atoms with van der Waals surface area (Å²) in [6, 6.07) is 6.10. The van der Waals surface area contributed by atoms with Crippen LogP contribution >= 0.6 is 0 Å². The maximum Gasteiger partial charge on any atom is 0.108 e. The Kier molecular flexibility index (Phi) is 4.15. The lowest BCUT2D eigenvalue weighted by Crippen LogP contribution is -2.14. The Hall–Kier alpha value is -1.61. The molecule has 0 fully saturated rings. The van der Waals surface area contributed by atoms with Gasteiger partial charge in [0.25, 0.3) is 0 Å². The fraction of sp³-hybridized carbons (Fsp3) is 0.400. The molecule has 96 valence electrons. The van der Waals surface area contributed by atoms with Gasteiger partial charge < -0.3 is 10.2 Å². The van der Waals surface area contributed by atoms with Gasteiger partial charge in [-0.15, -0.1) is 0 Å². The van der Waals surface area contributed by atoms with Crippen molar-refractivity contribution in [1.82, 2.24) is 4.98 Å². The fourth-order valence-corrected chi connectivity index (χ4v) is 2.09. The Labute approximate surface area is 108 Å². The number of hydrogen-bond donors (Lipinski definition) is 1. The maximum atomic E-state index is 6.22. The van der Waals surface area contributed by atoms with E-state index in [4.69, 9.17) is 10.2 Å². The molecule has 2 rings (SSSR count). The van der Waals surface area contributed by atoms with Crippen LogP contribution in [-0.4, -0.2) is 4.98 Å². The van der Waals surface area contributed by atoms with E-state index in [1.54, 1.807) is 6.26 Å². The third-order valence-electron chi connectivity index (χ3n) is 3.22. The molecule has 0 aliphatic carbocycles. The number of nitrogens with two attached hydrogens (primary N) is 1. The zero-order valence-electron chi connectivity index (χ0n) is 11.0. The Bertz CT molecular complexity index is 487. The van der Waals surface area contributed by atoms with Crippen molar-refractivity contribution >= 4 is 0 Å². The molecule has 0 bridgehead atoms. The highest BCUT2D eigenvalue weighted by Gasteiger charge is 2.14. The summed E-state index contributed by atoms with van der Waals surface area (Å²) in [7, 11) is 0. The summed E-state index contributed by atoms with van der Waals surface area (Å²) >= 11 is 0. The molecule has 2 aromatic heterocycles. The molecule has 3 heteroatoms. The van der Waals surface area contributed by atoms with Crippen molar-refractivity contribution < 1.29 is 4.42 Å². The molecule has 1 unspecified atom stereocenters. The van der Waals surface area contributed by atoms with Crippen LogP contribution in [0.15, 0.2) is 35.1 Å². The molecule has 0 aliphatic rings. The highest BCUT2D eigenvalue weighted by atomic mass is 16.3. The zero-order chi connectivity index (χ0) is 13.0. The fourth-order valence-electron chi connectivity index (χ4n) is 2.09. The normalized spacial score (nSPS) is 12.6. The van der Waals surface area contributed by atoms with Gasteiger partial charge in [-0.05, 0) is 24.1 Å². The van der Waals surface area contributed by atoms with Gasteiger partial charge in [-0.25, -0.2) is 0 Å². The minimum absolute atomic E-state index is 0.0429. The third kappa shape index (κ3) is 2.79. The Morgan fingerprint density at radius 1 is 1.22 bits per heavy atom. The molecular weight excluding hydrogens is 224 g/mol. The van der Waals surface area contributed by atoms with Gasteiger partial charge >= 0.3 is 0 Å². The maximum absolute atomic E-state index is 6.22. The topological polar surface area (TPSA) is 52.0 Å². The van der Waals surface area contributed by atoms with Crippen LogP contribution in [-0.2, 0) is 19.3 Å². The van der Waals surface area contributed by atoms with Gasteiger partial charge in [-0.3, -0.25) is 4.98 Å². The first-order valence-corrected chi connectivity index (χ1v) is 6.50. The highest BCUT2D eigenvalue weighted by molar-refractivity contribution is 5.23. The summed E-state index contributed by atoms with van der Waals surface area (Å²) in [4.78, 5) is 4.44. The quantitative estimate of drug-likeness (QED) is 0.879. The Morgan fingerprint density at radius 2 is 2.06 bits per heavy atom. The van der Waals surface area contributed by atoms with Crippen LogP contribution in [0.3, 0.4) is 0 Å². The summed E-state index contributed by atoms with van der Waals surface area (Å²) < 4.78 is 5.41. The highest BCUT2D eigenvalue weighted by Crippen LogP contribution is 2.21.